The van der Waals surface area contributed by atoms with Crippen LogP contribution in [0, 0.1) is 0 Å². The summed E-state index contributed by atoms with van der Waals surface area (Å²) in [7, 11) is 3.55. The van der Waals surface area contributed by atoms with Gasteiger partial charge in [-0.1, -0.05) is 17.7 Å². The molecule has 0 atom stereocenters. The lowest BCUT2D eigenvalue weighted by Gasteiger charge is -2.27. The maximum absolute atomic E-state index is 13.2. The van der Waals surface area contributed by atoms with Crippen molar-refractivity contribution in [3.8, 4) is 17.0 Å². The average Bonchev–Trinajstić information content (AvgIpc) is 3.12. The summed E-state index contributed by atoms with van der Waals surface area (Å²) in [6.45, 7) is 1.11. The molecule has 2 aromatic heterocycles. The number of carbonyl (C=O) groups excluding carboxylic acids is 1. The van der Waals surface area contributed by atoms with E-state index in [0.717, 1.165) is 39.8 Å². The molecule has 1 aliphatic rings. The predicted molar refractivity (Wildman–Crippen MR) is 120 cm³/mol. The Hall–Kier alpha value is -3.38. The lowest BCUT2D eigenvalue weighted by molar-refractivity contribution is 0.0732. The van der Waals surface area contributed by atoms with Crippen molar-refractivity contribution in [2.75, 3.05) is 13.7 Å². The molecule has 156 valence electrons. The third-order valence-corrected chi connectivity index (χ3v) is 5.94. The van der Waals surface area contributed by atoms with Gasteiger partial charge in [0, 0.05) is 46.9 Å². The Morgan fingerprint density at radius 3 is 2.87 bits per heavy atom. The molecule has 0 bridgehead atoms. The Morgan fingerprint density at radius 1 is 1.16 bits per heavy atom. The Labute approximate surface area is 185 Å². The first-order valence-corrected chi connectivity index (χ1v) is 10.4. The molecule has 4 aromatic rings. The molecule has 3 heterocycles. The monoisotopic (exact) mass is 432 g/mol. The van der Waals surface area contributed by atoms with Crippen LogP contribution < -0.4 is 4.74 Å². The number of benzene rings is 2. The van der Waals surface area contributed by atoms with Crippen molar-refractivity contribution < 1.29 is 9.53 Å². The molecule has 0 aliphatic carbocycles. The van der Waals surface area contributed by atoms with Gasteiger partial charge in [-0.05, 0) is 48.9 Å². The third kappa shape index (κ3) is 3.53. The fourth-order valence-electron chi connectivity index (χ4n) is 4.26. The molecule has 2 aromatic carbocycles. The molecule has 0 saturated heterocycles. The van der Waals surface area contributed by atoms with E-state index in [1.165, 1.54) is 0 Å². The molecular formula is C24H21ClN4O2. The molecule has 1 aliphatic heterocycles. The standard InChI is InChI=1S/C24H21ClN4O2/c1-28-23(17-11-18(25)13-19(12-17)31-2)20-7-9-29(14-22(20)27-28)24(30)16-5-6-21-15(10-16)4-3-8-26-21/h3-6,8,10-13H,7,9,14H2,1-2H3. The lowest BCUT2D eigenvalue weighted by Crippen LogP contribution is -2.36. The van der Waals surface area contributed by atoms with Gasteiger partial charge in [0.05, 0.1) is 30.6 Å². The van der Waals surface area contributed by atoms with Gasteiger partial charge in [-0.15, -0.1) is 0 Å². The van der Waals surface area contributed by atoms with Gasteiger partial charge < -0.3 is 9.64 Å². The molecule has 0 saturated carbocycles. The molecule has 0 spiro atoms. The number of aryl methyl sites for hydroxylation is 1. The maximum Gasteiger partial charge on any atom is 0.254 e. The molecule has 0 fully saturated rings. The van der Waals surface area contributed by atoms with Crippen LogP contribution in [0.5, 0.6) is 5.75 Å². The number of rotatable bonds is 3. The van der Waals surface area contributed by atoms with Gasteiger partial charge >= 0.3 is 0 Å². The quantitative estimate of drug-likeness (QED) is 0.478. The molecular weight excluding hydrogens is 412 g/mol. The summed E-state index contributed by atoms with van der Waals surface area (Å²) in [6.07, 6.45) is 2.48. The van der Waals surface area contributed by atoms with E-state index in [0.29, 0.717) is 29.4 Å². The second-order valence-electron chi connectivity index (χ2n) is 7.66. The molecule has 7 heteroatoms. The highest BCUT2D eigenvalue weighted by atomic mass is 35.5. The molecule has 0 unspecified atom stereocenters. The largest absolute Gasteiger partial charge is 0.497 e. The van der Waals surface area contributed by atoms with Crippen molar-refractivity contribution >= 4 is 28.4 Å². The minimum Gasteiger partial charge on any atom is -0.497 e. The number of amides is 1. The zero-order valence-corrected chi connectivity index (χ0v) is 18.1. The summed E-state index contributed by atoms with van der Waals surface area (Å²) in [5, 5.41) is 6.29. The number of nitrogens with zero attached hydrogens (tertiary/aromatic N) is 4. The number of methoxy groups -OCH3 is 1. The number of hydrogen-bond acceptors (Lipinski definition) is 4. The van der Waals surface area contributed by atoms with E-state index in [1.54, 1.807) is 19.4 Å². The van der Waals surface area contributed by atoms with E-state index in [9.17, 15) is 4.79 Å². The normalized spacial score (nSPS) is 13.3. The number of fused-ring (bicyclic) bond motifs is 2. The minimum absolute atomic E-state index is 0.00744. The highest BCUT2D eigenvalue weighted by Gasteiger charge is 2.28. The van der Waals surface area contributed by atoms with Crippen molar-refractivity contribution in [1.82, 2.24) is 19.7 Å². The Bertz CT molecular complexity index is 1310. The number of carbonyl (C=O) groups is 1. The number of aromatic nitrogens is 3. The highest BCUT2D eigenvalue weighted by Crippen LogP contribution is 2.34. The fraction of sp³-hybridized carbons (Fsp3) is 0.208. The van der Waals surface area contributed by atoms with Crippen LogP contribution in [-0.2, 0) is 20.0 Å². The predicted octanol–water partition coefficient (Wildman–Crippen LogP) is 4.50. The van der Waals surface area contributed by atoms with E-state index in [1.807, 2.05) is 59.1 Å². The van der Waals surface area contributed by atoms with Crippen molar-refractivity contribution in [3.05, 3.63) is 76.6 Å². The van der Waals surface area contributed by atoms with Gasteiger partial charge in [0.15, 0.2) is 0 Å². The summed E-state index contributed by atoms with van der Waals surface area (Å²) >= 11 is 6.29. The van der Waals surface area contributed by atoms with Crippen molar-refractivity contribution in [1.29, 1.82) is 0 Å². The number of halogens is 1. The lowest BCUT2D eigenvalue weighted by atomic mass is 9.99. The van der Waals surface area contributed by atoms with Crippen LogP contribution in [0.25, 0.3) is 22.2 Å². The van der Waals surface area contributed by atoms with Crippen molar-refractivity contribution in [2.45, 2.75) is 13.0 Å². The summed E-state index contributed by atoms with van der Waals surface area (Å²) < 4.78 is 7.24. The van der Waals surface area contributed by atoms with E-state index in [4.69, 9.17) is 21.4 Å². The van der Waals surface area contributed by atoms with Crippen LogP contribution in [0.1, 0.15) is 21.6 Å². The van der Waals surface area contributed by atoms with Crippen molar-refractivity contribution in [3.63, 3.8) is 0 Å². The summed E-state index contributed by atoms with van der Waals surface area (Å²) in [4.78, 5) is 19.4. The highest BCUT2D eigenvalue weighted by molar-refractivity contribution is 6.31. The second kappa shape index (κ2) is 7.71. The Morgan fingerprint density at radius 2 is 2.03 bits per heavy atom. The minimum atomic E-state index is 0.00744. The van der Waals surface area contributed by atoms with E-state index in [2.05, 4.69) is 4.98 Å². The number of ether oxygens (including phenoxy) is 1. The van der Waals surface area contributed by atoms with E-state index in [-0.39, 0.29) is 5.91 Å². The maximum atomic E-state index is 13.2. The molecule has 0 N–H and O–H groups in total. The first kappa shape index (κ1) is 19.6. The number of hydrogen-bond donors (Lipinski definition) is 0. The van der Waals surface area contributed by atoms with Crippen LogP contribution in [0.4, 0.5) is 0 Å². The average molecular weight is 433 g/mol. The van der Waals surface area contributed by atoms with Crippen LogP contribution in [0.3, 0.4) is 0 Å². The Balaban J connectivity index is 1.45. The smallest absolute Gasteiger partial charge is 0.254 e. The van der Waals surface area contributed by atoms with Gasteiger partial charge in [-0.25, -0.2) is 0 Å². The third-order valence-electron chi connectivity index (χ3n) is 5.72. The summed E-state index contributed by atoms with van der Waals surface area (Å²) in [5.74, 6) is 0.712. The second-order valence-corrected chi connectivity index (χ2v) is 8.10. The first-order valence-electron chi connectivity index (χ1n) is 10.1. The van der Waals surface area contributed by atoms with Crippen LogP contribution >= 0.6 is 11.6 Å². The zero-order valence-electron chi connectivity index (χ0n) is 17.3. The molecule has 6 nitrogen and oxygen atoms in total. The summed E-state index contributed by atoms with van der Waals surface area (Å²) in [5.41, 5.74) is 5.59. The van der Waals surface area contributed by atoms with Crippen LogP contribution in [0.2, 0.25) is 5.02 Å². The van der Waals surface area contributed by atoms with E-state index >= 15 is 0 Å². The van der Waals surface area contributed by atoms with E-state index < -0.39 is 0 Å². The van der Waals surface area contributed by atoms with Crippen LogP contribution in [0.15, 0.2) is 54.7 Å². The van der Waals surface area contributed by atoms with Crippen molar-refractivity contribution in [2.24, 2.45) is 7.05 Å². The SMILES string of the molecule is COc1cc(Cl)cc(-c2c3c(nn2C)CN(C(=O)c2ccc4ncccc4c2)CC3)c1. The van der Waals surface area contributed by atoms with Gasteiger partial charge in [0.2, 0.25) is 0 Å². The van der Waals surface area contributed by atoms with Gasteiger partial charge in [0.25, 0.3) is 5.91 Å². The van der Waals surface area contributed by atoms with Gasteiger partial charge in [-0.3, -0.25) is 14.5 Å². The topological polar surface area (TPSA) is 60.2 Å². The van der Waals surface area contributed by atoms with Gasteiger partial charge in [0.1, 0.15) is 5.75 Å². The molecule has 31 heavy (non-hydrogen) atoms. The van der Waals surface area contributed by atoms with Gasteiger partial charge in [-0.2, -0.15) is 5.10 Å². The molecule has 0 radical (unpaired) electrons. The first-order chi connectivity index (χ1) is 15.0. The molecule has 5 rings (SSSR count). The summed E-state index contributed by atoms with van der Waals surface area (Å²) in [6, 6.07) is 15.2. The fourth-order valence-corrected chi connectivity index (χ4v) is 4.49. The zero-order chi connectivity index (χ0) is 21.5. The number of pyridine rings is 1. The Kier molecular flexibility index (Phi) is 4.87. The van der Waals surface area contributed by atoms with Crippen LogP contribution in [-0.4, -0.2) is 39.2 Å². The molecule has 1 amide bonds.